The molecule has 0 fully saturated rings. The van der Waals surface area contributed by atoms with Crippen LogP contribution in [-0.4, -0.2) is 24.7 Å². The summed E-state index contributed by atoms with van der Waals surface area (Å²) in [5, 5.41) is 3.45. The number of amides is 1. The molecule has 1 heterocycles. The van der Waals surface area contributed by atoms with Gasteiger partial charge in [0.2, 0.25) is 5.91 Å². The second-order valence-electron chi connectivity index (χ2n) is 7.90. The van der Waals surface area contributed by atoms with Crippen LogP contribution in [0.4, 0.5) is 17.1 Å². The molecular weight excluding hydrogens is 358 g/mol. The highest BCUT2D eigenvalue weighted by Crippen LogP contribution is 2.44. The van der Waals surface area contributed by atoms with Gasteiger partial charge in [0.25, 0.3) is 0 Å². The largest absolute Gasteiger partial charge is 0.369 e. The van der Waals surface area contributed by atoms with E-state index in [4.69, 9.17) is 11.6 Å². The molecule has 0 spiro atoms. The van der Waals surface area contributed by atoms with E-state index in [9.17, 15) is 4.79 Å². The SMILES string of the molecule is CC(=O)Nc1ccc(N=Cc2cc3c(cc2Cl)N(C)C(C)(C)C[C@H]3C)cc1. The number of benzene rings is 2. The Labute approximate surface area is 166 Å². The van der Waals surface area contributed by atoms with E-state index in [-0.39, 0.29) is 11.4 Å². The predicted molar refractivity (Wildman–Crippen MR) is 115 cm³/mol. The van der Waals surface area contributed by atoms with E-state index >= 15 is 0 Å². The Morgan fingerprint density at radius 3 is 2.59 bits per heavy atom. The minimum absolute atomic E-state index is 0.0886. The summed E-state index contributed by atoms with van der Waals surface area (Å²) in [6.07, 6.45) is 2.90. The average Bonchev–Trinajstić information content (AvgIpc) is 2.59. The van der Waals surface area contributed by atoms with Gasteiger partial charge in [0, 0.05) is 42.7 Å². The minimum atomic E-state index is -0.0886. The molecule has 1 amide bonds. The maximum absolute atomic E-state index is 11.1. The van der Waals surface area contributed by atoms with Crippen molar-refractivity contribution in [2.24, 2.45) is 4.99 Å². The molecule has 27 heavy (non-hydrogen) atoms. The number of fused-ring (bicyclic) bond motifs is 1. The zero-order valence-corrected chi connectivity index (χ0v) is 17.3. The summed E-state index contributed by atoms with van der Waals surface area (Å²) in [5.74, 6) is 0.377. The van der Waals surface area contributed by atoms with Crippen LogP contribution in [0.3, 0.4) is 0 Å². The van der Waals surface area contributed by atoms with Crippen molar-refractivity contribution in [1.29, 1.82) is 0 Å². The van der Waals surface area contributed by atoms with E-state index in [0.29, 0.717) is 10.9 Å². The molecule has 1 aliphatic rings. The molecular formula is C22H26ClN3O. The smallest absolute Gasteiger partial charge is 0.221 e. The molecule has 0 aromatic heterocycles. The first-order valence-electron chi connectivity index (χ1n) is 9.16. The molecule has 1 atom stereocenters. The first kappa shape index (κ1) is 19.4. The molecule has 1 aliphatic heterocycles. The number of hydrogen-bond donors (Lipinski definition) is 1. The lowest BCUT2D eigenvalue weighted by molar-refractivity contribution is -0.114. The lowest BCUT2D eigenvalue weighted by atomic mass is 9.80. The number of anilines is 2. The zero-order valence-electron chi connectivity index (χ0n) is 16.5. The van der Waals surface area contributed by atoms with Crippen LogP contribution in [0.2, 0.25) is 5.02 Å². The van der Waals surface area contributed by atoms with Crippen molar-refractivity contribution in [3.63, 3.8) is 0 Å². The number of carbonyl (C=O) groups is 1. The van der Waals surface area contributed by atoms with Crippen molar-refractivity contribution in [2.45, 2.75) is 45.6 Å². The van der Waals surface area contributed by atoms with Crippen LogP contribution in [0.5, 0.6) is 0 Å². The van der Waals surface area contributed by atoms with Crippen molar-refractivity contribution < 1.29 is 4.79 Å². The summed E-state index contributed by atoms with van der Waals surface area (Å²) in [4.78, 5) is 18.0. The van der Waals surface area contributed by atoms with Crippen molar-refractivity contribution in [1.82, 2.24) is 0 Å². The number of nitrogens with zero attached hydrogens (tertiary/aromatic N) is 2. The molecule has 0 saturated heterocycles. The van der Waals surface area contributed by atoms with Crippen LogP contribution in [0, 0.1) is 0 Å². The molecule has 0 aliphatic carbocycles. The Morgan fingerprint density at radius 2 is 1.96 bits per heavy atom. The van der Waals surface area contributed by atoms with Gasteiger partial charge in [-0.1, -0.05) is 18.5 Å². The highest BCUT2D eigenvalue weighted by atomic mass is 35.5. The van der Waals surface area contributed by atoms with Gasteiger partial charge in [0.05, 0.1) is 10.7 Å². The van der Waals surface area contributed by atoms with Crippen LogP contribution >= 0.6 is 11.6 Å². The summed E-state index contributed by atoms with van der Waals surface area (Å²) in [6, 6.07) is 11.6. The fraction of sp³-hybridized carbons (Fsp3) is 0.364. The van der Waals surface area contributed by atoms with E-state index in [1.54, 1.807) is 0 Å². The van der Waals surface area contributed by atoms with Gasteiger partial charge < -0.3 is 10.2 Å². The molecule has 0 bridgehead atoms. The Morgan fingerprint density at radius 1 is 1.30 bits per heavy atom. The van der Waals surface area contributed by atoms with Gasteiger partial charge in [-0.25, -0.2) is 0 Å². The van der Waals surface area contributed by atoms with Crippen LogP contribution in [0.25, 0.3) is 0 Å². The van der Waals surface area contributed by atoms with E-state index in [2.05, 4.69) is 55.2 Å². The number of halogens is 1. The standard InChI is InChI=1S/C22H26ClN3O/c1-14-12-22(3,4)26(5)21-11-20(23)16(10-19(14)21)13-24-17-6-8-18(9-7-17)25-15(2)27/h6-11,13-14H,12H2,1-5H3,(H,25,27)/t14-/m1/s1. The van der Waals surface area contributed by atoms with E-state index in [1.807, 2.05) is 30.5 Å². The average molecular weight is 384 g/mol. The summed E-state index contributed by atoms with van der Waals surface area (Å²) >= 11 is 6.55. The number of aliphatic imine (C=N–C) groups is 1. The number of nitrogens with one attached hydrogen (secondary N) is 1. The fourth-order valence-corrected chi connectivity index (χ4v) is 3.89. The van der Waals surface area contributed by atoms with Crippen LogP contribution in [0.1, 0.15) is 51.2 Å². The molecule has 2 aromatic carbocycles. The predicted octanol–water partition coefficient (Wildman–Crippen LogP) is 5.77. The third kappa shape index (κ3) is 4.16. The number of carbonyl (C=O) groups excluding carboxylic acids is 1. The van der Waals surface area contributed by atoms with E-state index < -0.39 is 0 Å². The van der Waals surface area contributed by atoms with Crippen molar-refractivity contribution in [3.05, 3.63) is 52.5 Å². The van der Waals surface area contributed by atoms with Crippen molar-refractivity contribution in [2.75, 3.05) is 17.3 Å². The summed E-state index contributed by atoms with van der Waals surface area (Å²) in [6.45, 7) is 8.29. The van der Waals surface area contributed by atoms with E-state index in [0.717, 1.165) is 23.4 Å². The van der Waals surface area contributed by atoms with Gasteiger partial charge in [-0.2, -0.15) is 0 Å². The monoisotopic (exact) mass is 383 g/mol. The van der Waals surface area contributed by atoms with E-state index in [1.165, 1.54) is 18.2 Å². The van der Waals surface area contributed by atoms with Crippen molar-refractivity contribution in [3.8, 4) is 0 Å². The van der Waals surface area contributed by atoms with Gasteiger partial charge in [-0.05, 0) is 68.1 Å². The second kappa shape index (κ2) is 7.35. The fourth-order valence-electron chi connectivity index (χ4n) is 3.68. The molecule has 4 nitrogen and oxygen atoms in total. The highest BCUT2D eigenvalue weighted by Gasteiger charge is 2.34. The second-order valence-corrected chi connectivity index (χ2v) is 8.30. The molecule has 142 valence electrons. The third-order valence-electron chi connectivity index (χ3n) is 5.29. The maximum atomic E-state index is 11.1. The Kier molecular flexibility index (Phi) is 5.29. The summed E-state index contributed by atoms with van der Waals surface area (Å²) < 4.78 is 0. The van der Waals surface area contributed by atoms with Crippen LogP contribution in [0.15, 0.2) is 41.4 Å². The lowest BCUT2D eigenvalue weighted by Crippen LogP contribution is -2.45. The van der Waals surface area contributed by atoms with Gasteiger partial charge in [-0.3, -0.25) is 9.79 Å². The lowest BCUT2D eigenvalue weighted by Gasteiger charge is -2.45. The molecule has 0 unspecified atom stereocenters. The Hall–Kier alpha value is -2.33. The van der Waals surface area contributed by atoms with Gasteiger partial charge in [-0.15, -0.1) is 0 Å². The normalized spacial score (nSPS) is 18.4. The quantitative estimate of drug-likeness (QED) is 0.683. The minimum Gasteiger partial charge on any atom is -0.369 e. The molecule has 1 N–H and O–H groups in total. The zero-order chi connectivity index (χ0) is 19.8. The van der Waals surface area contributed by atoms with Crippen LogP contribution in [-0.2, 0) is 4.79 Å². The van der Waals surface area contributed by atoms with Gasteiger partial charge in [0.15, 0.2) is 0 Å². The summed E-state index contributed by atoms with van der Waals surface area (Å²) in [5.41, 5.74) is 5.10. The van der Waals surface area contributed by atoms with Gasteiger partial charge >= 0.3 is 0 Å². The molecule has 0 saturated carbocycles. The van der Waals surface area contributed by atoms with Crippen LogP contribution < -0.4 is 10.2 Å². The van der Waals surface area contributed by atoms with Crippen molar-refractivity contribution >= 4 is 40.8 Å². The Bertz CT molecular complexity index is 887. The molecule has 3 rings (SSSR count). The third-order valence-corrected chi connectivity index (χ3v) is 5.62. The topological polar surface area (TPSA) is 44.7 Å². The number of hydrogen-bond acceptors (Lipinski definition) is 3. The first-order valence-corrected chi connectivity index (χ1v) is 9.54. The molecule has 2 aromatic rings. The summed E-state index contributed by atoms with van der Waals surface area (Å²) in [7, 11) is 2.13. The Balaban J connectivity index is 1.87. The van der Waals surface area contributed by atoms with Gasteiger partial charge in [0.1, 0.15) is 0 Å². The highest BCUT2D eigenvalue weighted by molar-refractivity contribution is 6.33. The number of rotatable bonds is 3. The maximum Gasteiger partial charge on any atom is 0.221 e. The first-order chi connectivity index (χ1) is 12.7. The molecule has 0 radical (unpaired) electrons. The molecule has 5 heteroatoms.